The Balaban J connectivity index is 2.37. The van der Waals surface area contributed by atoms with Crippen LogP contribution in [0.2, 0.25) is 0 Å². The molecule has 0 radical (unpaired) electrons. The van der Waals surface area contributed by atoms with Crippen LogP contribution < -0.4 is 5.56 Å². The van der Waals surface area contributed by atoms with Gasteiger partial charge in [-0.3, -0.25) is 4.79 Å². The molecule has 3 aromatic rings. The van der Waals surface area contributed by atoms with E-state index in [0.29, 0.717) is 5.56 Å². The third-order valence-electron chi connectivity index (χ3n) is 3.42. The number of nitrogens with zero attached hydrogens (tertiary/aromatic N) is 2. The molecule has 0 amide bonds. The van der Waals surface area contributed by atoms with Crippen molar-refractivity contribution in [3.63, 3.8) is 0 Å². The summed E-state index contributed by atoms with van der Waals surface area (Å²) in [6.07, 6.45) is 0. The molecule has 22 heavy (non-hydrogen) atoms. The molecule has 3 nitrogen and oxygen atoms in total. The molecular weight excluding hydrogens is 293 g/mol. The van der Waals surface area contributed by atoms with Crippen LogP contribution in [-0.2, 0) is 6.54 Å². The van der Waals surface area contributed by atoms with Crippen molar-refractivity contribution in [3.05, 3.63) is 64.2 Å². The molecule has 0 N–H and O–H groups in total. The fourth-order valence-electron chi connectivity index (χ4n) is 2.35. The second-order valence-corrected chi connectivity index (χ2v) is 4.77. The highest BCUT2D eigenvalue weighted by Crippen LogP contribution is 2.20. The van der Waals surface area contributed by atoms with Gasteiger partial charge in [0.05, 0.1) is 11.0 Å². The molecule has 6 heteroatoms. The van der Waals surface area contributed by atoms with Crippen LogP contribution in [0.25, 0.3) is 22.3 Å². The average molecular weight is 304 g/mol. The fraction of sp³-hybridized carbons (Fsp3) is 0.125. The molecule has 1 aromatic heterocycles. The number of fused-ring (bicyclic) bond motifs is 1. The molecule has 0 spiro atoms. The Morgan fingerprint density at radius 2 is 1.68 bits per heavy atom. The molecule has 0 saturated carbocycles. The summed E-state index contributed by atoms with van der Waals surface area (Å²) in [7, 11) is 0. The topological polar surface area (TPSA) is 34.9 Å². The average Bonchev–Trinajstić information content (AvgIpc) is 2.50. The molecule has 0 aliphatic rings. The van der Waals surface area contributed by atoms with E-state index in [1.165, 1.54) is 28.8 Å². The Bertz CT molecular complexity index is 917. The summed E-state index contributed by atoms with van der Waals surface area (Å²) in [6.45, 7) is 1.99. The van der Waals surface area contributed by atoms with E-state index in [1.807, 2.05) is 0 Å². The molecule has 0 atom stereocenters. The lowest BCUT2D eigenvalue weighted by atomic mass is 10.1. The quantitative estimate of drug-likeness (QED) is 0.726. The van der Waals surface area contributed by atoms with Gasteiger partial charge in [0.1, 0.15) is 11.5 Å². The first kappa shape index (κ1) is 14.3. The third kappa shape index (κ3) is 2.26. The van der Waals surface area contributed by atoms with E-state index in [2.05, 4.69) is 4.98 Å². The Labute approximate surface area is 123 Å². The highest BCUT2D eigenvalue weighted by molar-refractivity contribution is 5.78. The molecule has 0 unspecified atom stereocenters. The summed E-state index contributed by atoms with van der Waals surface area (Å²) in [4.78, 5) is 16.6. The van der Waals surface area contributed by atoms with Gasteiger partial charge in [-0.25, -0.2) is 18.2 Å². The van der Waals surface area contributed by atoms with Crippen molar-refractivity contribution >= 4 is 11.0 Å². The standard InChI is InChI=1S/C16H11F3N2O/c1-2-21-14-8-12(19)11(18)7-13(14)20-15(16(21)22)9-3-5-10(17)6-4-9/h3-8H,2H2,1H3. The summed E-state index contributed by atoms with van der Waals surface area (Å²) in [5.74, 6) is -2.51. The number of hydrogen-bond acceptors (Lipinski definition) is 2. The van der Waals surface area contributed by atoms with Crippen LogP contribution >= 0.6 is 0 Å². The number of hydrogen-bond donors (Lipinski definition) is 0. The first-order chi connectivity index (χ1) is 10.5. The van der Waals surface area contributed by atoms with Crippen LogP contribution in [0.5, 0.6) is 0 Å². The molecule has 2 aromatic carbocycles. The predicted molar refractivity (Wildman–Crippen MR) is 77.0 cm³/mol. The van der Waals surface area contributed by atoms with Crippen LogP contribution in [-0.4, -0.2) is 9.55 Å². The van der Waals surface area contributed by atoms with E-state index in [4.69, 9.17) is 0 Å². The van der Waals surface area contributed by atoms with E-state index in [9.17, 15) is 18.0 Å². The third-order valence-corrected chi connectivity index (χ3v) is 3.42. The van der Waals surface area contributed by atoms with E-state index in [0.717, 1.165) is 12.1 Å². The van der Waals surface area contributed by atoms with Gasteiger partial charge in [0.15, 0.2) is 11.6 Å². The van der Waals surface area contributed by atoms with E-state index < -0.39 is 23.0 Å². The Kier molecular flexibility index (Phi) is 3.44. The lowest BCUT2D eigenvalue weighted by molar-refractivity contribution is 0.509. The zero-order valence-corrected chi connectivity index (χ0v) is 11.6. The molecule has 112 valence electrons. The Hall–Kier alpha value is -2.63. The summed E-state index contributed by atoms with van der Waals surface area (Å²) < 4.78 is 41.1. The van der Waals surface area contributed by atoms with Crippen molar-refractivity contribution in [2.75, 3.05) is 0 Å². The summed E-state index contributed by atoms with van der Waals surface area (Å²) in [5, 5.41) is 0. The number of benzene rings is 2. The predicted octanol–water partition coefficient (Wildman–Crippen LogP) is 3.50. The first-order valence-electron chi connectivity index (χ1n) is 6.66. The molecule has 0 aliphatic carbocycles. The number of aromatic nitrogens is 2. The number of halogens is 3. The maximum Gasteiger partial charge on any atom is 0.277 e. The van der Waals surface area contributed by atoms with Gasteiger partial charge >= 0.3 is 0 Å². The highest BCUT2D eigenvalue weighted by Gasteiger charge is 2.14. The van der Waals surface area contributed by atoms with Crippen LogP contribution in [0.3, 0.4) is 0 Å². The summed E-state index contributed by atoms with van der Waals surface area (Å²) in [6, 6.07) is 7.17. The van der Waals surface area contributed by atoms with Gasteiger partial charge in [0.2, 0.25) is 0 Å². The minimum Gasteiger partial charge on any atom is -0.305 e. The van der Waals surface area contributed by atoms with Gasteiger partial charge in [0.25, 0.3) is 5.56 Å². The Morgan fingerprint density at radius 1 is 1.05 bits per heavy atom. The number of aryl methyl sites for hydroxylation is 1. The maximum atomic E-state index is 13.4. The zero-order valence-electron chi connectivity index (χ0n) is 11.6. The molecule has 0 aliphatic heterocycles. The molecule has 0 saturated heterocycles. The van der Waals surface area contributed by atoms with Crippen LogP contribution in [0.4, 0.5) is 13.2 Å². The SMILES string of the molecule is CCn1c(=O)c(-c2ccc(F)cc2)nc2cc(F)c(F)cc21. The highest BCUT2D eigenvalue weighted by atomic mass is 19.2. The minimum atomic E-state index is -1.04. The lowest BCUT2D eigenvalue weighted by Crippen LogP contribution is -2.23. The van der Waals surface area contributed by atoms with Crippen molar-refractivity contribution in [1.29, 1.82) is 0 Å². The lowest BCUT2D eigenvalue weighted by Gasteiger charge is -2.11. The van der Waals surface area contributed by atoms with Crippen molar-refractivity contribution in [2.45, 2.75) is 13.5 Å². The van der Waals surface area contributed by atoms with Crippen LogP contribution in [0.1, 0.15) is 6.92 Å². The first-order valence-corrected chi connectivity index (χ1v) is 6.66. The van der Waals surface area contributed by atoms with Gasteiger partial charge in [-0.05, 0) is 31.2 Å². The maximum absolute atomic E-state index is 13.4. The second-order valence-electron chi connectivity index (χ2n) is 4.77. The van der Waals surface area contributed by atoms with Crippen molar-refractivity contribution < 1.29 is 13.2 Å². The smallest absolute Gasteiger partial charge is 0.277 e. The summed E-state index contributed by atoms with van der Waals surface area (Å²) in [5.41, 5.74) is 0.435. The van der Waals surface area contributed by atoms with E-state index in [-0.39, 0.29) is 23.3 Å². The molecule has 1 heterocycles. The fourth-order valence-corrected chi connectivity index (χ4v) is 2.35. The van der Waals surface area contributed by atoms with E-state index >= 15 is 0 Å². The molecule has 0 bridgehead atoms. The minimum absolute atomic E-state index is 0.0698. The second kappa shape index (κ2) is 5.29. The van der Waals surface area contributed by atoms with Crippen LogP contribution in [0.15, 0.2) is 41.2 Å². The normalized spacial score (nSPS) is 11.1. The monoisotopic (exact) mass is 304 g/mol. The molecule has 0 fully saturated rings. The van der Waals surface area contributed by atoms with Gasteiger partial charge in [-0.2, -0.15) is 0 Å². The van der Waals surface area contributed by atoms with Crippen molar-refractivity contribution in [1.82, 2.24) is 9.55 Å². The van der Waals surface area contributed by atoms with Crippen molar-refractivity contribution in [3.8, 4) is 11.3 Å². The van der Waals surface area contributed by atoms with Crippen LogP contribution in [0, 0.1) is 17.5 Å². The largest absolute Gasteiger partial charge is 0.305 e. The van der Waals surface area contributed by atoms with Gasteiger partial charge in [-0.1, -0.05) is 0 Å². The van der Waals surface area contributed by atoms with Gasteiger partial charge < -0.3 is 4.57 Å². The van der Waals surface area contributed by atoms with Gasteiger partial charge in [0, 0.05) is 24.2 Å². The summed E-state index contributed by atoms with van der Waals surface area (Å²) >= 11 is 0. The molecule has 3 rings (SSSR count). The number of rotatable bonds is 2. The van der Waals surface area contributed by atoms with E-state index in [1.54, 1.807) is 6.92 Å². The zero-order chi connectivity index (χ0) is 15.9. The van der Waals surface area contributed by atoms with Crippen molar-refractivity contribution in [2.24, 2.45) is 0 Å². The van der Waals surface area contributed by atoms with Gasteiger partial charge in [-0.15, -0.1) is 0 Å². The molecular formula is C16H11F3N2O. The Morgan fingerprint density at radius 3 is 2.32 bits per heavy atom.